The van der Waals surface area contributed by atoms with Crippen molar-refractivity contribution in [2.45, 2.75) is 43.0 Å². The fraction of sp³-hybridized carbons (Fsp3) is 0.367. The van der Waals surface area contributed by atoms with E-state index in [-0.39, 0.29) is 24.1 Å². The summed E-state index contributed by atoms with van der Waals surface area (Å²) in [5, 5.41) is 5.21. The van der Waals surface area contributed by atoms with E-state index in [1.165, 1.54) is 0 Å². The summed E-state index contributed by atoms with van der Waals surface area (Å²) in [6.45, 7) is 1.49. The molecule has 3 amide bonds. The summed E-state index contributed by atoms with van der Waals surface area (Å²) >= 11 is 1.69. The number of nitrogens with zero attached hydrogens (tertiary/aromatic N) is 2. The van der Waals surface area contributed by atoms with Crippen molar-refractivity contribution < 1.29 is 14.4 Å². The molecule has 1 heterocycles. The Morgan fingerprint density at radius 2 is 1.82 bits per heavy atom. The van der Waals surface area contributed by atoms with Crippen LogP contribution in [-0.4, -0.2) is 61.1 Å². The summed E-state index contributed by atoms with van der Waals surface area (Å²) in [6.07, 6.45) is 2.31. The number of thioether (sulfide) groups is 1. The van der Waals surface area contributed by atoms with E-state index in [9.17, 15) is 14.4 Å². The molecule has 7 nitrogen and oxygen atoms in total. The molecule has 4 rings (SSSR count). The van der Waals surface area contributed by atoms with Crippen molar-refractivity contribution >= 4 is 45.9 Å². The molecule has 38 heavy (non-hydrogen) atoms. The first-order chi connectivity index (χ1) is 18.5. The number of anilines is 1. The van der Waals surface area contributed by atoms with Crippen LogP contribution >= 0.6 is 11.8 Å². The van der Waals surface area contributed by atoms with Gasteiger partial charge in [0.15, 0.2) is 0 Å². The molecule has 0 bridgehead atoms. The molecule has 0 unspecified atom stereocenters. The van der Waals surface area contributed by atoms with Gasteiger partial charge in [-0.3, -0.25) is 14.4 Å². The Morgan fingerprint density at radius 1 is 1.05 bits per heavy atom. The number of rotatable bonds is 11. The van der Waals surface area contributed by atoms with Crippen molar-refractivity contribution in [2.75, 3.05) is 37.3 Å². The Balaban J connectivity index is 1.41. The first-order valence-corrected chi connectivity index (χ1v) is 14.2. The van der Waals surface area contributed by atoms with Gasteiger partial charge >= 0.3 is 0 Å². The average Bonchev–Trinajstić information content (AvgIpc) is 3.09. The minimum Gasteiger partial charge on any atom is -0.344 e. The van der Waals surface area contributed by atoms with Crippen LogP contribution in [0.3, 0.4) is 0 Å². The van der Waals surface area contributed by atoms with E-state index in [0.29, 0.717) is 45.3 Å². The van der Waals surface area contributed by atoms with Gasteiger partial charge in [-0.2, -0.15) is 0 Å². The largest absolute Gasteiger partial charge is 0.344 e. The lowest BCUT2D eigenvalue weighted by Crippen LogP contribution is -2.49. The first-order valence-electron chi connectivity index (χ1n) is 13.2. The number of carbonyl (C=O) groups is 3. The van der Waals surface area contributed by atoms with Gasteiger partial charge in [0.05, 0.1) is 5.69 Å². The number of nitrogens with two attached hydrogens (primary N) is 1. The highest BCUT2D eigenvalue weighted by Gasteiger charge is 2.25. The van der Waals surface area contributed by atoms with Crippen LogP contribution in [0.15, 0.2) is 71.6 Å². The van der Waals surface area contributed by atoms with Gasteiger partial charge in [-0.15, -0.1) is 11.8 Å². The summed E-state index contributed by atoms with van der Waals surface area (Å²) in [6, 6.07) is 21.4. The number of amides is 3. The molecule has 3 aromatic rings. The van der Waals surface area contributed by atoms with E-state index >= 15 is 0 Å². The SMILES string of the molecule is CN(CCCN)C(=O)[C@@H](Cc1ccc2ccccc2c1)NC(=O)CCCN1C(=O)CCSc2ccccc21. The monoisotopic (exact) mass is 532 g/mol. The number of fused-ring (bicyclic) bond motifs is 2. The Hall–Kier alpha value is -3.36. The first kappa shape index (κ1) is 27.7. The molecule has 3 N–H and O–H groups in total. The van der Waals surface area contributed by atoms with Crippen LogP contribution in [0.2, 0.25) is 0 Å². The third-order valence-electron chi connectivity index (χ3n) is 6.78. The maximum atomic E-state index is 13.3. The number of benzene rings is 3. The van der Waals surface area contributed by atoms with Gasteiger partial charge in [-0.1, -0.05) is 54.6 Å². The molecule has 1 atom stereocenters. The Kier molecular flexibility index (Phi) is 9.79. The van der Waals surface area contributed by atoms with Gasteiger partial charge in [0, 0.05) is 50.0 Å². The predicted molar refractivity (Wildman–Crippen MR) is 154 cm³/mol. The standard InChI is InChI=1S/C30H36N4O3S/c1-33(17-7-16-31)30(37)25(21-22-13-14-23-8-2-3-9-24(23)20-22)32-28(35)12-6-18-34-26-10-4-5-11-27(26)38-19-15-29(34)36/h2-5,8-11,13-14,20,25H,6-7,12,15-19,21,31H2,1H3,(H,32,35)/t25-/m1/s1. The van der Waals surface area contributed by atoms with Crippen LogP contribution in [0.5, 0.6) is 0 Å². The van der Waals surface area contributed by atoms with Crippen molar-refractivity contribution in [3.05, 3.63) is 72.3 Å². The van der Waals surface area contributed by atoms with Gasteiger partial charge in [0.1, 0.15) is 6.04 Å². The fourth-order valence-corrected chi connectivity index (χ4v) is 5.73. The molecule has 1 aliphatic heterocycles. The van der Waals surface area contributed by atoms with E-state index in [4.69, 9.17) is 5.73 Å². The highest BCUT2D eigenvalue weighted by Crippen LogP contribution is 2.34. The molecule has 0 fully saturated rings. The van der Waals surface area contributed by atoms with Crippen molar-refractivity contribution in [3.8, 4) is 0 Å². The van der Waals surface area contributed by atoms with Crippen LogP contribution in [0.1, 0.15) is 31.2 Å². The van der Waals surface area contributed by atoms with Crippen molar-refractivity contribution in [3.63, 3.8) is 0 Å². The minimum absolute atomic E-state index is 0.0775. The molecule has 1 aliphatic rings. The lowest BCUT2D eigenvalue weighted by atomic mass is 10.0. The Bertz CT molecular complexity index is 1280. The number of carbonyl (C=O) groups excluding carboxylic acids is 3. The lowest BCUT2D eigenvalue weighted by molar-refractivity contribution is -0.135. The highest BCUT2D eigenvalue weighted by atomic mass is 32.2. The zero-order valence-corrected chi connectivity index (χ0v) is 22.7. The summed E-state index contributed by atoms with van der Waals surface area (Å²) in [7, 11) is 1.75. The van der Waals surface area contributed by atoms with E-state index in [2.05, 4.69) is 17.4 Å². The van der Waals surface area contributed by atoms with Crippen LogP contribution in [0, 0.1) is 0 Å². The smallest absolute Gasteiger partial charge is 0.245 e. The highest BCUT2D eigenvalue weighted by molar-refractivity contribution is 7.99. The molecule has 0 saturated carbocycles. The molecule has 0 saturated heterocycles. The van der Waals surface area contributed by atoms with Gasteiger partial charge in [0.25, 0.3) is 0 Å². The summed E-state index contributed by atoms with van der Waals surface area (Å²) in [5.41, 5.74) is 7.53. The van der Waals surface area contributed by atoms with Crippen LogP contribution < -0.4 is 16.0 Å². The molecular weight excluding hydrogens is 496 g/mol. The molecule has 3 aromatic carbocycles. The summed E-state index contributed by atoms with van der Waals surface area (Å²) in [5.74, 6) is 0.506. The topological polar surface area (TPSA) is 95.7 Å². The molecular formula is C30H36N4O3S. The third kappa shape index (κ3) is 7.14. The zero-order valence-electron chi connectivity index (χ0n) is 21.9. The Morgan fingerprint density at radius 3 is 2.63 bits per heavy atom. The summed E-state index contributed by atoms with van der Waals surface area (Å²) in [4.78, 5) is 43.6. The molecule has 0 radical (unpaired) electrons. The van der Waals surface area contributed by atoms with Gasteiger partial charge in [-0.25, -0.2) is 0 Å². The van der Waals surface area contributed by atoms with Crippen molar-refractivity contribution in [1.29, 1.82) is 0 Å². The second kappa shape index (κ2) is 13.4. The molecule has 0 spiro atoms. The van der Waals surface area contributed by atoms with Gasteiger partial charge < -0.3 is 20.9 Å². The van der Waals surface area contributed by atoms with Crippen LogP contribution in [-0.2, 0) is 20.8 Å². The molecule has 0 aromatic heterocycles. The average molecular weight is 533 g/mol. The minimum atomic E-state index is -0.677. The maximum Gasteiger partial charge on any atom is 0.245 e. The zero-order chi connectivity index (χ0) is 26.9. The van der Waals surface area contributed by atoms with Gasteiger partial charge in [-0.05, 0) is 47.9 Å². The van der Waals surface area contributed by atoms with Crippen LogP contribution in [0.4, 0.5) is 5.69 Å². The predicted octanol–water partition coefficient (Wildman–Crippen LogP) is 3.98. The number of nitrogens with one attached hydrogen (secondary N) is 1. The van der Waals surface area contributed by atoms with E-state index < -0.39 is 6.04 Å². The molecule has 8 heteroatoms. The van der Waals surface area contributed by atoms with E-state index in [1.54, 1.807) is 28.6 Å². The Labute approximate surface area is 228 Å². The van der Waals surface area contributed by atoms with Gasteiger partial charge in [0.2, 0.25) is 17.7 Å². The molecule has 0 aliphatic carbocycles. The normalized spacial score (nSPS) is 14.1. The van der Waals surface area contributed by atoms with E-state index in [0.717, 1.165) is 32.7 Å². The fourth-order valence-electron chi connectivity index (χ4n) is 4.74. The summed E-state index contributed by atoms with van der Waals surface area (Å²) < 4.78 is 0. The van der Waals surface area contributed by atoms with Crippen LogP contribution in [0.25, 0.3) is 10.8 Å². The number of likely N-dealkylation sites (N-methyl/N-ethyl adjacent to an activating group) is 1. The second-order valence-corrected chi connectivity index (χ2v) is 10.8. The second-order valence-electron chi connectivity index (χ2n) is 9.62. The number of para-hydroxylation sites is 1. The van der Waals surface area contributed by atoms with Crippen molar-refractivity contribution in [1.82, 2.24) is 10.2 Å². The lowest BCUT2D eigenvalue weighted by Gasteiger charge is -2.25. The third-order valence-corrected chi connectivity index (χ3v) is 7.84. The quantitative estimate of drug-likeness (QED) is 0.390. The molecule has 200 valence electrons. The maximum absolute atomic E-state index is 13.3. The van der Waals surface area contributed by atoms with Crippen molar-refractivity contribution in [2.24, 2.45) is 5.73 Å². The van der Waals surface area contributed by atoms with E-state index in [1.807, 2.05) is 54.6 Å². The number of hydrogen-bond acceptors (Lipinski definition) is 5. The number of hydrogen-bond donors (Lipinski definition) is 2.